The molecule has 1 aromatic heterocycles. The molecule has 0 bridgehead atoms. The molecule has 0 unspecified atom stereocenters. The lowest BCUT2D eigenvalue weighted by Crippen LogP contribution is -3.22. The Morgan fingerprint density at radius 1 is 1.42 bits per heavy atom. The molecule has 7 heteroatoms. The first kappa shape index (κ1) is 14.9. The summed E-state index contributed by atoms with van der Waals surface area (Å²) in [5.74, 6) is 0. The topological polar surface area (TPSA) is 59.8 Å². The second-order valence-electron chi connectivity index (χ2n) is 5.36. The van der Waals surface area contributed by atoms with Gasteiger partial charge in [-0.25, -0.2) is 13.1 Å². The second-order valence-corrected chi connectivity index (χ2v) is 8.30. The molecule has 5 nitrogen and oxygen atoms in total. The summed E-state index contributed by atoms with van der Waals surface area (Å²) >= 11 is 1.24. The summed E-state index contributed by atoms with van der Waals surface area (Å²) in [6.07, 6.45) is 0. The number of rotatable bonds is 5. The van der Waals surface area contributed by atoms with E-state index in [9.17, 15) is 8.42 Å². The lowest BCUT2D eigenvalue weighted by Gasteiger charge is -2.37. The van der Waals surface area contributed by atoms with Crippen LogP contribution in [0.25, 0.3) is 0 Å². The van der Waals surface area contributed by atoms with E-state index in [0.717, 1.165) is 26.3 Å². The van der Waals surface area contributed by atoms with Crippen LogP contribution >= 0.6 is 11.3 Å². The third kappa shape index (κ3) is 3.76. The molecule has 1 aromatic rings. The molecule has 1 aliphatic rings. The molecule has 0 radical (unpaired) electrons. The van der Waals surface area contributed by atoms with Crippen molar-refractivity contribution in [1.29, 1.82) is 0 Å². The number of thiophene rings is 1. The van der Waals surface area contributed by atoms with Gasteiger partial charge in [-0.2, -0.15) is 0 Å². The number of quaternary nitrogens is 1. The van der Waals surface area contributed by atoms with Gasteiger partial charge >= 0.3 is 0 Å². The summed E-state index contributed by atoms with van der Waals surface area (Å²) in [6, 6.07) is 3.37. The Morgan fingerprint density at radius 3 is 2.68 bits per heavy atom. The average molecular weight is 305 g/mol. The number of hydrogen-bond acceptors (Lipinski definition) is 4. The average Bonchev–Trinajstić information content (AvgIpc) is 2.93. The van der Waals surface area contributed by atoms with Crippen molar-refractivity contribution in [1.82, 2.24) is 4.72 Å². The fourth-order valence-electron chi connectivity index (χ4n) is 2.18. The Bertz CT molecular complexity index is 491. The van der Waals surface area contributed by atoms with Crippen molar-refractivity contribution in [2.24, 2.45) is 0 Å². The summed E-state index contributed by atoms with van der Waals surface area (Å²) in [7, 11) is -3.36. The Labute approximate surface area is 118 Å². The minimum atomic E-state index is -3.36. The van der Waals surface area contributed by atoms with Gasteiger partial charge in [-0.1, -0.05) is 6.07 Å². The summed E-state index contributed by atoms with van der Waals surface area (Å²) in [6.45, 7) is 7.95. The molecular weight excluding hydrogens is 284 g/mol. The van der Waals surface area contributed by atoms with Crippen LogP contribution in [0.2, 0.25) is 0 Å². The van der Waals surface area contributed by atoms with Crippen LogP contribution in [0.15, 0.2) is 21.7 Å². The van der Waals surface area contributed by atoms with Gasteiger partial charge < -0.3 is 9.64 Å². The zero-order chi connectivity index (χ0) is 13.9. The maximum atomic E-state index is 12.1. The van der Waals surface area contributed by atoms with Crippen molar-refractivity contribution >= 4 is 21.4 Å². The molecule has 0 atom stereocenters. The summed E-state index contributed by atoms with van der Waals surface area (Å²) in [5, 5.41) is 1.77. The largest absolute Gasteiger partial charge is 0.370 e. The summed E-state index contributed by atoms with van der Waals surface area (Å²) in [5.41, 5.74) is -0.131. The smallest absolute Gasteiger partial charge is 0.250 e. The summed E-state index contributed by atoms with van der Waals surface area (Å²) in [4.78, 5) is 1.38. The maximum Gasteiger partial charge on any atom is 0.250 e. The van der Waals surface area contributed by atoms with E-state index in [0.29, 0.717) is 10.8 Å². The van der Waals surface area contributed by atoms with Crippen molar-refractivity contribution in [3.8, 4) is 0 Å². The lowest BCUT2D eigenvalue weighted by atomic mass is 10.0. The zero-order valence-corrected chi connectivity index (χ0v) is 12.9. The molecule has 0 spiro atoms. The molecular formula is C12H21N2O3S2+. The van der Waals surface area contributed by atoms with Crippen LogP contribution in [0.1, 0.15) is 13.8 Å². The third-order valence-corrected chi connectivity index (χ3v) is 6.32. The molecule has 0 aliphatic carbocycles. The van der Waals surface area contributed by atoms with E-state index in [1.54, 1.807) is 17.5 Å². The van der Waals surface area contributed by atoms with Crippen LogP contribution in [0.3, 0.4) is 0 Å². The van der Waals surface area contributed by atoms with Gasteiger partial charge in [0.1, 0.15) is 22.8 Å². The number of morpholine rings is 1. The van der Waals surface area contributed by atoms with Gasteiger partial charge in [0.15, 0.2) is 0 Å². The Hall–Kier alpha value is -0.470. The monoisotopic (exact) mass is 305 g/mol. The Morgan fingerprint density at radius 2 is 2.11 bits per heavy atom. The second kappa shape index (κ2) is 5.88. The quantitative estimate of drug-likeness (QED) is 0.787. The molecule has 2 N–H and O–H groups in total. The van der Waals surface area contributed by atoms with Crippen LogP contribution in [0, 0.1) is 0 Å². The number of hydrogen-bond donors (Lipinski definition) is 2. The van der Waals surface area contributed by atoms with Gasteiger partial charge in [0.2, 0.25) is 10.0 Å². The van der Waals surface area contributed by atoms with E-state index in [-0.39, 0.29) is 5.54 Å². The molecule has 1 saturated heterocycles. The standard InChI is InChI=1S/C12H20N2O3S2/c1-12(2,14-5-7-17-8-6-14)10-13-19(15,16)11-4-3-9-18-11/h3-4,9,13H,5-8,10H2,1-2H3/p+1. The third-order valence-electron chi connectivity index (χ3n) is 3.52. The van der Waals surface area contributed by atoms with Crippen LogP contribution in [-0.2, 0) is 14.8 Å². The van der Waals surface area contributed by atoms with Crippen LogP contribution in [0.5, 0.6) is 0 Å². The molecule has 1 fully saturated rings. The van der Waals surface area contributed by atoms with E-state index in [1.165, 1.54) is 16.2 Å². The highest BCUT2D eigenvalue weighted by Crippen LogP contribution is 2.15. The fourth-order valence-corrected chi connectivity index (χ4v) is 4.43. The van der Waals surface area contributed by atoms with Crippen LogP contribution in [0.4, 0.5) is 0 Å². The lowest BCUT2D eigenvalue weighted by molar-refractivity contribution is -0.954. The van der Waals surface area contributed by atoms with Crippen molar-refractivity contribution in [3.63, 3.8) is 0 Å². The van der Waals surface area contributed by atoms with Gasteiger partial charge in [0.25, 0.3) is 0 Å². The van der Waals surface area contributed by atoms with Gasteiger partial charge in [-0.3, -0.25) is 0 Å². The Balaban J connectivity index is 1.97. The van der Waals surface area contributed by atoms with E-state index >= 15 is 0 Å². The molecule has 2 heterocycles. The van der Waals surface area contributed by atoms with Crippen molar-refractivity contribution in [2.75, 3.05) is 32.8 Å². The number of sulfonamides is 1. The molecule has 19 heavy (non-hydrogen) atoms. The normalized spacial score (nSPS) is 18.6. The van der Waals surface area contributed by atoms with Crippen molar-refractivity contribution < 1.29 is 18.1 Å². The molecule has 0 aromatic carbocycles. The molecule has 2 rings (SSSR count). The maximum absolute atomic E-state index is 12.1. The highest BCUT2D eigenvalue weighted by atomic mass is 32.2. The molecule has 1 aliphatic heterocycles. The van der Waals surface area contributed by atoms with Crippen molar-refractivity contribution in [3.05, 3.63) is 17.5 Å². The molecule has 108 valence electrons. The van der Waals surface area contributed by atoms with Gasteiger partial charge in [-0.15, -0.1) is 11.3 Å². The van der Waals surface area contributed by atoms with Gasteiger partial charge in [0.05, 0.1) is 19.8 Å². The highest BCUT2D eigenvalue weighted by Gasteiger charge is 2.33. The van der Waals surface area contributed by atoms with E-state index in [1.807, 2.05) is 0 Å². The van der Waals surface area contributed by atoms with Gasteiger partial charge in [0, 0.05) is 0 Å². The molecule has 0 amide bonds. The van der Waals surface area contributed by atoms with Crippen molar-refractivity contribution in [2.45, 2.75) is 23.6 Å². The summed E-state index contributed by atoms with van der Waals surface area (Å²) < 4.78 is 32.6. The minimum absolute atomic E-state index is 0.131. The predicted octanol–water partition coefficient (Wildman–Crippen LogP) is -0.280. The zero-order valence-electron chi connectivity index (χ0n) is 11.3. The minimum Gasteiger partial charge on any atom is -0.370 e. The fraction of sp³-hybridized carbons (Fsp3) is 0.667. The number of ether oxygens (including phenoxy) is 1. The first-order chi connectivity index (χ1) is 8.92. The SMILES string of the molecule is CC(C)(CNS(=O)(=O)c1cccs1)[NH+]1CCOCC1. The highest BCUT2D eigenvalue weighted by molar-refractivity contribution is 7.91. The molecule has 0 saturated carbocycles. The van der Waals surface area contributed by atoms with E-state index < -0.39 is 10.0 Å². The van der Waals surface area contributed by atoms with Crippen LogP contribution < -0.4 is 9.62 Å². The first-order valence-electron chi connectivity index (χ1n) is 6.38. The van der Waals surface area contributed by atoms with Crippen LogP contribution in [-0.4, -0.2) is 46.8 Å². The van der Waals surface area contributed by atoms with E-state index in [4.69, 9.17) is 4.74 Å². The van der Waals surface area contributed by atoms with E-state index in [2.05, 4.69) is 18.6 Å². The number of nitrogens with one attached hydrogen (secondary N) is 2. The first-order valence-corrected chi connectivity index (χ1v) is 8.74. The van der Waals surface area contributed by atoms with Gasteiger partial charge in [-0.05, 0) is 25.3 Å². The Kier molecular flexibility index (Phi) is 4.62. The predicted molar refractivity (Wildman–Crippen MR) is 75.1 cm³/mol.